The molecule has 4 nitrogen and oxygen atoms in total. The maximum Gasteiger partial charge on any atom is 2.00 e. The molecule has 3 N–H and O–H groups in total. The summed E-state index contributed by atoms with van der Waals surface area (Å²) < 4.78 is 0.614. The van der Waals surface area contributed by atoms with E-state index < -0.39 is 0 Å². The molecule has 0 atom stereocenters. The number of hydrogen-bond acceptors (Lipinski definition) is 6. The molecule has 0 aromatic heterocycles. The van der Waals surface area contributed by atoms with E-state index in [9.17, 15) is 0 Å². The number of thiol groups is 1. The van der Waals surface area contributed by atoms with Crippen LogP contribution in [0.5, 0.6) is 0 Å². The number of rotatable bonds is 4. The molecule has 0 aromatic carbocycles. The monoisotopic (exact) mass is 336 g/mol. The van der Waals surface area contributed by atoms with Crippen LogP contribution >= 0.6 is 24.8 Å². The van der Waals surface area contributed by atoms with Gasteiger partial charge in [-0.2, -0.15) is 0 Å². The predicted octanol–water partition coefficient (Wildman–Crippen LogP) is -0.791. The zero-order valence-electron chi connectivity index (χ0n) is 8.05. The van der Waals surface area contributed by atoms with Crippen molar-refractivity contribution < 1.29 is 29.7 Å². The second-order valence-electron chi connectivity index (χ2n) is 1.83. The Bertz CT molecular complexity index is 179. The molecule has 0 spiro atoms. The van der Waals surface area contributed by atoms with Crippen molar-refractivity contribution in [2.24, 2.45) is 4.99 Å². The molecule has 0 amide bonds. The van der Waals surface area contributed by atoms with Gasteiger partial charge in [0.15, 0.2) is 0 Å². The quantitative estimate of drug-likeness (QED) is 0.135. The van der Waals surface area contributed by atoms with E-state index in [-0.39, 0.29) is 37.1 Å². The van der Waals surface area contributed by atoms with Gasteiger partial charge >= 0.3 is 19.5 Å². The first-order valence-corrected chi connectivity index (χ1v) is 5.28. The molecule has 0 saturated heterocycles. The first-order chi connectivity index (χ1) is 6.54. The molecule has 0 rings (SSSR count). The summed E-state index contributed by atoms with van der Waals surface area (Å²) in [7, 11) is 0. The fourth-order valence-electron chi connectivity index (χ4n) is 0.304. The molecule has 0 bridgehead atoms. The van der Waals surface area contributed by atoms with Crippen molar-refractivity contribution >= 4 is 58.8 Å². The van der Waals surface area contributed by atoms with Gasteiger partial charge in [0.05, 0.1) is 19.8 Å². The minimum Gasteiger partial charge on any atom is -0.789 e. The van der Waals surface area contributed by atoms with Crippen LogP contribution in [0.4, 0.5) is 0 Å². The fraction of sp³-hybridized carbons (Fsp3) is 0.667. The molecule has 0 aromatic rings. The minimum absolute atomic E-state index is 0. The van der Waals surface area contributed by atoms with Crippen LogP contribution in [0.25, 0.3) is 0 Å². The largest absolute Gasteiger partial charge is 2.00 e. The predicted molar refractivity (Wildman–Crippen MR) is 70.8 cm³/mol. The second kappa shape index (κ2) is 17.3. The Labute approximate surface area is 124 Å². The van der Waals surface area contributed by atoms with E-state index in [1.807, 2.05) is 0 Å². The van der Waals surface area contributed by atoms with Gasteiger partial charge in [-0.25, -0.2) is 4.38 Å². The van der Waals surface area contributed by atoms with Crippen LogP contribution in [0, 0.1) is 0 Å². The van der Waals surface area contributed by atoms with Crippen molar-refractivity contribution in [1.29, 1.82) is 0 Å². The maximum atomic E-state index is 8.16. The molecule has 15 heavy (non-hydrogen) atoms. The third-order valence-corrected chi connectivity index (χ3v) is 1.29. The molecule has 9 heteroatoms. The summed E-state index contributed by atoms with van der Waals surface area (Å²) in [6.07, 6.45) is 0. The standard InChI is InChI=1S/2C3H7NOS2.Zn/c2*5-2-1-4-3(6)7;/h2*5H,1-2H2,(H2,4,6,7);/q;;+2/p-2. The normalized spacial score (nSPS) is 7.67. The Morgan fingerprint density at radius 3 is 2.00 bits per heavy atom. The number of nitrogens with zero attached hydrogens (tertiary/aromatic N) is 1. The van der Waals surface area contributed by atoms with Gasteiger partial charge in [-0.1, -0.05) is 12.2 Å². The van der Waals surface area contributed by atoms with Gasteiger partial charge in [0.1, 0.15) is 4.32 Å². The minimum atomic E-state index is 0. The number of aliphatic hydroxyl groups is 2. The molecular formula is C6H12N2O2S4Zn. The zero-order chi connectivity index (χ0) is 11.4. The van der Waals surface area contributed by atoms with Crippen molar-refractivity contribution in [3.8, 4) is 0 Å². The molecule has 0 aliphatic carbocycles. The average Bonchev–Trinajstić information content (AvgIpc) is 2.12. The van der Waals surface area contributed by atoms with Crippen molar-refractivity contribution in [2.75, 3.05) is 26.3 Å². The van der Waals surface area contributed by atoms with Crippen molar-refractivity contribution in [1.82, 2.24) is 5.32 Å². The van der Waals surface area contributed by atoms with Crippen LogP contribution in [0.2, 0.25) is 0 Å². The zero-order valence-corrected chi connectivity index (χ0v) is 14.4. The molecule has 84 valence electrons. The van der Waals surface area contributed by atoms with Crippen LogP contribution < -0.4 is 5.32 Å². The van der Waals surface area contributed by atoms with E-state index in [1.54, 1.807) is 0 Å². The molecule has 0 fully saturated rings. The number of thiocarbonyl (C=S) groups is 1. The molecule has 0 aliphatic heterocycles. The van der Waals surface area contributed by atoms with E-state index in [1.165, 1.54) is 0 Å². The van der Waals surface area contributed by atoms with E-state index in [0.29, 0.717) is 17.4 Å². The Balaban J connectivity index is -0.000000180. The van der Waals surface area contributed by atoms with Gasteiger partial charge in [-0.3, -0.25) is 0 Å². The summed E-state index contributed by atoms with van der Waals surface area (Å²) in [4.78, 5) is 3.54. The number of aliphatic imine (C=N–C) groups is 1. The van der Waals surface area contributed by atoms with Crippen LogP contribution in [0.3, 0.4) is 0 Å². The number of hydrogen-bond donors (Lipinski definition) is 4. The van der Waals surface area contributed by atoms with Crippen LogP contribution in [-0.2, 0) is 44.7 Å². The molecule has 0 aliphatic rings. The van der Waals surface area contributed by atoms with Crippen LogP contribution in [-0.4, -0.2) is 45.2 Å². The third kappa shape index (κ3) is 31.3. The van der Waals surface area contributed by atoms with Crippen molar-refractivity contribution in [3.05, 3.63) is 0 Å². The van der Waals surface area contributed by atoms with Gasteiger partial charge in [0.25, 0.3) is 0 Å². The van der Waals surface area contributed by atoms with E-state index >= 15 is 0 Å². The van der Waals surface area contributed by atoms with Gasteiger partial charge < -0.3 is 45.8 Å². The van der Waals surface area contributed by atoms with E-state index in [0.717, 1.165) is 0 Å². The molecule has 0 unspecified atom stereocenters. The number of aliphatic hydroxyl groups excluding tert-OH is 2. The Kier molecular flexibility index (Phi) is 24.4. The summed E-state index contributed by atoms with van der Waals surface area (Å²) in [5.74, 6) is 0. The summed E-state index contributed by atoms with van der Waals surface area (Å²) in [6, 6.07) is 0. The summed E-state index contributed by atoms with van der Waals surface area (Å²) in [6.45, 7) is 0.947. The third-order valence-electron chi connectivity index (χ3n) is 0.729. The SMILES string of the molecule is OCCN=C([S-])[S-].OCCNC(=S)S.[Zn+2]. The van der Waals surface area contributed by atoms with Gasteiger partial charge in [-0.05, 0) is 0 Å². The van der Waals surface area contributed by atoms with Crippen LogP contribution in [0.15, 0.2) is 4.99 Å². The average molecular weight is 338 g/mol. The number of nitrogens with one attached hydrogen (secondary N) is 1. The smallest absolute Gasteiger partial charge is 0.789 e. The second-order valence-corrected chi connectivity index (χ2v) is 4.02. The van der Waals surface area contributed by atoms with Gasteiger partial charge in [-0.15, -0.1) is 12.6 Å². The topological polar surface area (TPSA) is 64.9 Å². The Hall–Kier alpha value is 0.893. The Morgan fingerprint density at radius 1 is 1.33 bits per heavy atom. The van der Waals surface area contributed by atoms with Gasteiger partial charge in [0, 0.05) is 6.54 Å². The van der Waals surface area contributed by atoms with Crippen molar-refractivity contribution in [3.63, 3.8) is 0 Å². The molecule has 0 radical (unpaired) electrons. The van der Waals surface area contributed by atoms with E-state index in [4.69, 9.17) is 10.2 Å². The molecule has 0 saturated carbocycles. The van der Waals surface area contributed by atoms with Gasteiger partial charge in [0.2, 0.25) is 0 Å². The summed E-state index contributed by atoms with van der Waals surface area (Å²) in [5, 5.41) is 18.9. The molecule has 0 heterocycles. The molecular weight excluding hydrogens is 326 g/mol. The first kappa shape index (κ1) is 21.2. The van der Waals surface area contributed by atoms with Crippen LogP contribution in [0.1, 0.15) is 0 Å². The summed E-state index contributed by atoms with van der Waals surface area (Å²) >= 11 is 17.0. The van der Waals surface area contributed by atoms with E-state index in [2.05, 4.69) is 60.4 Å². The first-order valence-electron chi connectivity index (χ1n) is 3.61. The van der Waals surface area contributed by atoms with Crippen molar-refractivity contribution in [2.45, 2.75) is 0 Å². The Morgan fingerprint density at radius 2 is 1.87 bits per heavy atom. The fourth-order valence-corrected chi connectivity index (χ4v) is 0.701. The maximum absolute atomic E-state index is 8.16. The summed E-state index contributed by atoms with van der Waals surface area (Å²) in [5.41, 5.74) is 0.